The van der Waals surface area contributed by atoms with E-state index in [1.165, 1.54) is 0 Å². The van der Waals surface area contributed by atoms with Gasteiger partial charge < -0.3 is 9.47 Å². The quantitative estimate of drug-likeness (QED) is 0.557. The van der Waals surface area contributed by atoms with E-state index in [9.17, 15) is 9.59 Å². The highest BCUT2D eigenvalue weighted by molar-refractivity contribution is 5.96. The number of esters is 2. The van der Waals surface area contributed by atoms with Crippen molar-refractivity contribution >= 4 is 11.9 Å². The molecule has 1 aromatic carbocycles. The first-order chi connectivity index (χ1) is 11.4. The summed E-state index contributed by atoms with van der Waals surface area (Å²) < 4.78 is 10.8. The molecule has 0 saturated heterocycles. The van der Waals surface area contributed by atoms with Crippen LogP contribution in [0.4, 0.5) is 0 Å². The Kier molecular flexibility index (Phi) is 7.21. The molecule has 140 valence electrons. The Labute approximate surface area is 151 Å². The number of ether oxygens (including phenoxy) is 2. The van der Waals surface area contributed by atoms with Gasteiger partial charge in [-0.05, 0) is 16.4 Å². The maximum absolute atomic E-state index is 12.6. The van der Waals surface area contributed by atoms with Crippen LogP contribution in [-0.4, -0.2) is 25.2 Å². The standard InChI is InChI=1S/C21H32O4/c1-15(16-11-9-8-10-12-16)17(18(22)24-13-20(2,3)4)19(23)25-14-21(5,6)7/h8-12,15,17H,13-14H2,1-7H3. The molecule has 0 aromatic heterocycles. The second-order valence-electron chi connectivity index (χ2n) is 9.01. The first-order valence-corrected chi connectivity index (χ1v) is 8.79. The second kappa shape index (κ2) is 8.50. The molecule has 4 nitrogen and oxygen atoms in total. The molecule has 1 aromatic rings. The summed E-state index contributed by atoms with van der Waals surface area (Å²) in [6.07, 6.45) is 0. The van der Waals surface area contributed by atoms with E-state index in [4.69, 9.17) is 9.47 Å². The van der Waals surface area contributed by atoms with Crippen molar-refractivity contribution in [2.75, 3.05) is 13.2 Å². The van der Waals surface area contributed by atoms with Crippen LogP contribution in [0.3, 0.4) is 0 Å². The third-order valence-electron chi connectivity index (χ3n) is 3.63. The lowest BCUT2D eigenvalue weighted by atomic mass is 9.87. The SMILES string of the molecule is CC(c1ccccc1)C(C(=O)OCC(C)(C)C)C(=O)OCC(C)(C)C. The Morgan fingerprint density at radius 1 is 0.840 bits per heavy atom. The molecular formula is C21H32O4. The van der Waals surface area contributed by atoms with Gasteiger partial charge in [-0.1, -0.05) is 78.8 Å². The molecule has 0 spiro atoms. The topological polar surface area (TPSA) is 52.6 Å². The lowest BCUT2D eigenvalue weighted by Gasteiger charge is -2.26. The van der Waals surface area contributed by atoms with Crippen LogP contribution in [0, 0.1) is 16.7 Å². The maximum Gasteiger partial charge on any atom is 0.320 e. The molecule has 4 heteroatoms. The first kappa shape index (κ1) is 21.2. The van der Waals surface area contributed by atoms with Crippen molar-refractivity contribution in [2.24, 2.45) is 16.7 Å². The van der Waals surface area contributed by atoms with Gasteiger partial charge >= 0.3 is 11.9 Å². The summed E-state index contributed by atoms with van der Waals surface area (Å²) in [5.41, 5.74) is 0.588. The molecule has 0 aliphatic carbocycles. The summed E-state index contributed by atoms with van der Waals surface area (Å²) >= 11 is 0. The molecular weight excluding hydrogens is 316 g/mol. The van der Waals surface area contributed by atoms with Crippen molar-refractivity contribution in [3.8, 4) is 0 Å². The fraction of sp³-hybridized carbons (Fsp3) is 0.619. The number of benzene rings is 1. The zero-order valence-electron chi connectivity index (χ0n) is 16.6. The predicted octanol–water partition coefficient (Wildman–Crippen LogP) is 4.58. The van der Waals surface area contributed by atoms with Crippen LogP contribution in [0.5, 0.6) is 0 Å². The van der Waals surface area contributed by atoms with E-state index in [2.05, 4.69) is 0 Å². The number of carbonyl (C=O) groups is 2. The molecule has 0 amide bonds. The van der Waals surface area contributed by atoms with E-state index in [1.807, 2.05) is 78.8 Å². The Balaban J connectivity index is 2.96. The van der Waals surface area contributed by atoms with E-state index in [1.54, 1.807) is 0 Å². The Hall–Kier alpha value is -1.84. The Morgan fingerprint density at radius 2 is 1.24 bits per heavy atom. The average Bonchev–Trinajstić information content (AvgIpc) is 2.50. The molecule has 25 heavy (non-hydrogen) atoms. The van der Waals surface area contributed by atoms with Gasteiger partial charge in [-0.15, -0.1) is 0 Å². The zero-order chi connectivity index (χ0) is 19.3. The number of rotatable bonds is 6. The van der Waals surface area contributed by atoms with Crippen molar-refractivity contribution in [1.82, 2.24) is 0 Å². The molecule has 0 radical (unpaired) electrons. The summed E-state index contributed by atoms with van der Waals surface area (Å²) in [5, 5.41) is 0. The summed E-state index contributed by atoms with van der Waals surface area (Å²) in [4.78, 5) is 25.3. The first-order valence-electron chi connectivity index (χ1n) is 8.79. The predicted molar refractivity (Wildman–Crippen MR) is 99.2 cm³/mol. The summed E-state index contributed by atoms with van der Waals surface area (Å²) in [6, 6.07) is 9.51. The normalized spacial score (nSPS) is 13.4. The monoisotopic (exact) mass is 348 g/mol. The van der Waals surface area contributed by atoms with Crippen molar-refractivity contribution < 1.29 is 19.1 Å². The van der Waals surface area contributed by atoms with Gasteiger partial charge in [0, 0.05) is 5.92 Å². The number of hydrogen-bond acceptors (Lipinski definition) is 4. The van der Waals surface area contributed by atoms with E-state index in [0.717, 1.165) is 5.56 Å². The van der Waals surface area contributed by atoms with E-state index >= 15 is 0 Å². The second-order valence-corrected chi connectivity index (χ2v) is 9.01. The highest BCUT2D eigenvalue weighted by atomic mass is 16.6. The van der Waals surface area contributed by atoms with Gasteiger partial charge in [-0.3, -0.25) is 9.59 Å². The van der Waals surface area contributed by atoms with Gasteiger partial charge in [0.25, 0.3) is 0 Å². The number of carbonyl (C=O) groups excluding carboxylic acids is 2. The van der Waals surface area contributed by atoms with Crippen molar-refractivity contribution in [1.29, 1.82) is 0 Å². The maximum atomic E-state index is 12.6. The zero-order valence-corrected chi connectivity index (χ0v) is 16.6. The third-order valence-corrected chi connectivity index (χ3v) is 3.63. The molecule has 0 fully saturated rings. The summed E-state index contributed by atoms with van der Waals surface area (Å²) in [6.45, 7) is 14.3. The third kappa shape index (κ3) is 7.72. The minimum atomic E-state index is -0.966. The largest absolute Gasteiger partial charge is 0.464 e. The van der Waals surface area contributed by atoms with Crippen molar-refractivity contribution in [3.05, 3.63) is 35.9 Å². The lowest BCUT2D eigenvalue weighted by Crippen LogP contribution is -2.35. The summed E-state index contributed by atoms with van der Waals surface area (Å²) in [7, 11) is 0. The lowest BCUT2D eigenvalue weighted by molar-refractivity contribution is -0.166. The van der Waals surface area contributed by atoms with Gasteiger partial charge in [-0.25, -0.2) is 0 Å². The highest BCUT2D eigenvalue weighted by Gasteiger charge is 2.37. The van der Waals surface area contributed by atoms with E-state index < -0.39 is 17.9 Å². The molecule has 1 rings (SSSR count). The average molecular weight is 348 g/mol. The van der Waals surface area contributed by atoms with Crippen LogP contribution in [0.15, 0.2) is 30.3 Å². The van der Waals surface area contributed by atoms with Gasteiger partial charge in [0.2, 0.25) is 0 Å². The van der Waals surface area contributed by atoms with Gasteiger partial charge in [0.05, 0.1) is 13.2 Å². The van der Waals surface area contributed by atoms with Crippen LogP contribution in [-0.2, 0) is 19.1 Å². The van der Waals surface area contributed by atoms with E-state index in [0.29, 0.717) is 0 Å². The smallest absolute Gasteiger partial charge is 0.320 e. The van der Waals surface area contributed by atoms with Gasteiger partial charge in [0.15, 0.2) is 5.92 Å². The molecule has 0 N–H and O–H groups in total. The fourth-order valence-corrected chi connectivity index (χ4v) is 2.21. The van der Waals surface area contributed by atoms with Crippen molar-refractivity contribution in [3.63, 3.8) is 0 Å². The molecule has 1 atom stereocenters. The minimum Gasteiger partial charge on any atom is -0.464 e. The van der Waals surface area contributed by atoms with E-state index in [-0.39, 0.29) is 30.0 Å². The molecule has 0 aliphatic heterocycles. The fourth-order valence-electron chi connectivity index (χ4n) is 2.21. The Morgan fingerprint density at radius 3 is 1.60 bits per heavy atom. The number of hydrogen-bond donors (Lipinski definition) is 0. The summed E-state index contributed by atoms with van der Waals surface area (Å²) in [5.74, 6) is -2.33. The minimum absolute atomic E-state index is 0.161. The molecule has 0 aliphatic rings. The molecule has 0 bridgehead atoms. The van der Waals surface area contributed by atoms with Crippen LogP contribution in [0.25, 0.3) is 0 Å². The molecule has 1 unspecified atom stereocenters. The van der Waals surface area contributed by atoms with Gasteiger partial charge in [0.1, 0.15) is 0 Å². The van der Waals surface area contributed by atoms with Crippen LogP contribution >= 0.6 is 0 Å². The highest BCUT2D eigenvalue weighted by Crippen LogP contribution is 2.28. The van der Waals surface area contributed by atoms with Crippen molar-refractivity contribution in [2.45, 2.75) is 54.4 Å². The molecule has 0 saturated carbocycles. The Bertz CT molecular complexity index is 534. The molecule has 0 heterocycles. The van der Waals surface area contributed by atoms with Crippen LogP contribution in [0.2, 0.25) is 0 Å². The van der Waals surface area contributed by atoms with Crippen LogP contribution < -0.4 is 0 Å². The van der Waals surface area contributed by atoms with Crippen LogP contribution in [0.1, 0.15) is 59.9 Å². The van der Waals surface area contributed by atoms with Gasteiger partial charge in [-0.2, -0.15) is 0 Å².